The summed E-state index contributed by atoms with van der Waals surface area (Å²) in [7, 11) is 6.48. The van der Waals surface area contributed by atoms with Crippen LogP contribution in [0.2, 0.25) is 5.15 Å². The molecular weight excluding hydrogens is 483 g/mol. The molecule has 1 heterocycles. The Hall–Kier alpha value is -1.94. The van der Waals surface area contributed by atoms with E-state index in [1.54, 1.807) is 40.6 Å². The van der Waals surface area contributed by atoms with Crippen LogP contribution in [0.5, 0.6) is 17.2 Å². The molecule has 1 aromatic carbocycles. The van der Waals surface area contributed by atoms with E-state index in [-0.39, 0.29) is 24.0 Å². The predicted molar refractivity (Wildman–Crippen MR) is 118 cm³/mol. The summed E-state index contributed by atoms with van der Waals surface area (Å²) in [4.78, 5) is 8.27. The molecule has 0 saturated carbocycles. The molecule has 0 spiro atoms. The fourth-order valence-corrected chi connectivity index (χ4v) is 2.45. The largest absolute Gasteiger partial charge is 0.493 e. The van der Waals surface area contributed by atoms with E-state index in [1.807, 2.05) is 18.2 Å². The van der Waals surface area contributed by atoms with Crippen LogP contribution >= 0.6 is 35.6 Å². The number of guanidine groups is 1. The predicted octanol–water partition coefficient (Wildman–Crippen LogP) is 3.24. The van der Waals surface area contributed by atoms with Gasteiger partial charge in [0.15, 0.2) is 17.5 Å². The first-order valence-corrected chi connectivity index (χ1v) is 8.32. The van der Waals surface area contributed by atoms with Gasteiger partial charge in [0.05, 0.1) is 21.3 Å². The van der Waals surface area contributed by atoms with Gasteiger partial charge in [0.2, 0.25) is 5.75 Å². The standard InChI is InChI=1S/C18H23ClN4O3.HI/c1-20-18(22-10-12-5-6-16(19)21-9-12)23-11-13-7-14(24-2)17(26-4)15(8-13)25-3;/h5-9H,10-11H2,1-4H3,(H2,20,22,23);1H. The monoisotopic (exact) mass is 506 g/mol. The Morgan fingerprint density at radius 3 is 2.04 bits per heavy atom. The third-order valence-corrected chi connectivity index (χ3v) is 3.88. The van der Waals surface area contributed by atoms with Crippen LogP contribution in [0.3, 0.4) is 0 Å². The van der Waals surface area contributed by atoms with E-state index in [9.17, 15) is 0 Å². The smallest absolute Gasteiger partial charge is 0.203 e. The van der Waals surface area contributed by atoms with Crippen molar-refractivity contribution in [1.82, 2.24) is 15.6 Å². The molecule has 0 atom stereocenters. The molecule has 9 heteroatoms. The van der Waals surface area contributed by atoms with Crippen molar-refractivity contribution in [2.45, 2.75) is 13.1 Å². The molecule has 0 saturated heterocycles. The second-order valence-electron chi connectivity index (χ2n) is 5.30. The van der Waals surface area contributed by atoms with Gasteiger partial charge in [-0.15, -0.1) is 24.0 Å². The van der Waals surface area contributed by atoms with Gasteiger partial charge in [-0.1, -0.05) is 17.7 Å². The minimum atomic E-state index is 0. The second kappa shape index (κ2) is 11.7. The zero-order valence-corrected chi connectivity index (χ0v) is 18.8. The highest BCUT2D eigenvalue weighted by atomic mass is 127. The lowest BCUT2D eigenvalue weighted by Crippen LogP contribution is -2.36. The topological polar surface area (TPSA) is 77.0 Å². The summed E-state index contributed by atoms with van der Waals surface area (Å²) < 4.78 is 16.1. The van der Waals surface area contributed by atoms with Crippen molar-refractivity contribution in [2.24, 2.45) is 4.99 Å². The van der Waals surface area contributed by atoms with Gasteiger partial charge < -0.3 is 24.8 Å². The number of pyridine rings is 1. The molecule has 2 N–H and O–H groups in total. The van der Waals surface area contributed by atoms with E-state index in [0.717, 1.165) is 11.1 Å². The van der Waals surface area contributed by atoms with Gasteiger partial charge in [0, 0.05) is 26.3 Å². The van der Waals surface area contributed by atoms with E-state index in [0.29, 0.717) is 41.5 Å². The molecule has 2 rings (SSSR count). The van der Waals surface area contributed by atoms with Crippen molar-refractivity contribution in [3.05, 3.63) is 46.7 Å². The van der Waals surface area contributed by atoms with E-state index >= 15 is 0 Å². The lowest BCUT2D eigenvalue weighted by atomic mass is 10.2. The SMILES string of the molecule is CN=C(NCc1ccc(Cl)nc1)NCc1cc(OC)c(OC)c(OC)c1.I. The zero-order chi connectivity index (χ0) is 18.9. The first-order chi connectivity index (χ1) is 12.6. The number of rotatable bonds is 7. The van der Waals surface area contributed by atoms with E-state index < -0.39 is 0 Å². The average molecular weight is 507 g/mol. The highest BCUT2D eigenvalue weighted by Gasteiger charge is 2.13. The summed E-state index contributed by atoms with van der Waals surface area (Å²) in [6.45, 7) is 1.12. The Kier molecular flexibility index (Phi) is 10.0. The molecule has 0 aliphatic carbocycles. The van der Waals surface area contributed by atoms with Crippen LogP contribution in [-0.2, 0) is 13.1 Å². The highest BCUT2D eigenvalue weighted by Crippen LogP contribution is 2.38. The second-order valence-corrected chi connectivity index (χ2v) is 5.69. The maximum atomic E-state index is 5.79. The van der Waals surface area contributed by atoms with Gasteiger partial charge in [-0.25, -0.2) is 4.98 Å². The number of nitrogens with zero attached hydrogens (tertiary/aromatic N) is 2. The van der Waals surface area contributed by atoms with Crippen LogP contribution in [0, 0.1) is 0 Å². The molecule has 0 aliphatic rings. The first kappa shape index (κ1) is 23.1. The molecule has 7 nitrogen and oxygen atoms in total. The van der Waals surface area contributed by atoms with Crippen LogP contribution < -0.4 is 24.8 Å². The van der Waals surface area contributed by atoms with Crippen molar-refractivity contribution in [3.8, 4) is 17.2 Å². The Morgan fingerprint density at radius 2 is 1.59 bits per heavy atom. The Bertz CT molecular complexity index is 732. The quantitative estimate of drug-likeness (QED) is 0.260. The van der Waals surface area contributed by atoms with E-state index in [2.05, 4.69) is 20.6 Å². The minimum Gasteiger partial charge on any atom is -0.493 e. The van der Waals surface area contributed by atoms with Crippen LogP contribution in [0.1, 0.15) is 11.1 Å². The fraction of sp³-hybridized carbons (Fsp3) is 0.333. The molecular formula is C18H24ClIN4O3. The molecule has 1 aromatic heterocycles. The molecule has 0 fully saturated rings. The number of aliphatic imine (C=N–C) groups is 1. The van der Waals surface area contributed by atoms with Crippen molar-refractivity contribution in [2.75, 3.05) is 28.4 Å². The van der Waals surface area contributed by atoms with Gasteiger partial charge in [0.1, 0.15) is 5.15 Å². The third-order valence-electron chi connectivity index (χ3n) is 3.66. The average Bonchev–Trinajstić information content (AvgIpc) is 2.68. The number of methoxy groups -OCH3 is 3. The zero-order valence-electron chi connectivity index (χ0n) is 15.7. The normalized spacial score (nSPS) is 10.6. The molecule has 27 heavy (non-hydrogen) atoms. The highest BCUT2D eigenvalue weighted by molar-refractivity contribution is 14.0. The maximum absolute atomic E-state index is 5.79. The minimum absolute atomic E-state index is 0. The summed E-state index contributed by atoms with van der Waals surface area (Å²) in [6.07, 6.45) is 1.72. The van der Waals surface area contributed by atoms with Crippen LogP contribution in [0.15, 0.2) is 35.5 Å². The summed E-state index contributed by atoms with van der Waals surface area (Å²) >= 11 is 5.79. The molecule has 0 unspecified atom stereocenters. The van der Waals surface area contributed by atoms with E-state index in [1.165, 1.54) is 0 Å². The van der Waals surface area contributed by atoms with Crippen molar-refractivity contribution >= 4 is 41.5 Å². The Balaban J connectivity index is 0.00000364. The molecule has 0 amide bonds. The third kappa shape index (κ3) is 6.62. The van der Waals surface area contributed by atoms with Gasteiger partial charge in [0.25, 0.3) is 0 Å². The number of aromatic nitrogens is 1. The van der Waals surface area contributed by atoms with Crippen molar-refractivity contribution in [3.63, 3.8) is 0 Å². The lowest BCUT2D eigenvalue weighted by molar-refractivity contribution is 0.323. The molecule has 148 valence electrons. The van der Waals surface area contributed by atoms with Crippen LogP contribution in [0.4, 0.5) is 0 Å². The number of hydrogen-bond acceptors (Lipinski definition) is 5. The first-order valence-electron chi connectivity index (χ1n) is 7.95. The van der Waals surface area contributed by atoms with E-state index in [4.69, 9.17) is 25.8 Å². The Labute approximate surface area is 181 Å². The molecule has 0 radical (unpaired) electrons. The summed E-state index contributed by atoms with van der Waals surface area (Å²) in [6, 6.07) is 7.45. The maximum Gasteiger partial charge on any atom is 0.203 e. The summed E-state index contributed by atoms with van der Waals surface area (Å²) in [5, 5.41) is 6.94. The molecule has 0 aliphatic heterocycles. The fourth-order valence-electron chi connectivity index (χ4n) is 2.34. The lowest BCUT2D eigenvalue weighted by Gasteiger charge is -2.16. The van der Waals surface area contributed by atoms with Crippen molar-refractivity contribution < 1.29 is 14.2 Å². The van der Waals surface area contributed by atoms with Gasteiger partial charge >= 0.3 is 0 Å². The summed E-state index contributed by atoms with van der Waals surface area (Å²) in [5.41, 5.74) is 1.97. The number of nitrogens with one attached hydrogen (secondary N) is 2. The van der Waals surface area contributed by atoms with Gasteiger partial charge in [-0.05, 0) is 29.3 Å². The van der Waals surface area contributed by atoms with Gasteiger partial charge in [-0.3, -0.25) is 4.99 Å². The number of hydrogen-bond donors (Lipinski definition) is 2. The molecule has 2 aromatic rings. The van der Waals surface area contributed by atoms with Crippen LogP contribution in [0.25, 0.3) is 0 Å². The number of benzene rings is 1. The molecule has 0 bridgehead atoms. The number of halogens is 2. The number of ether oxygens (including phenoxy) is 3. The van der Waals surface area contributed by atoms with Gasteiger partial charge in [-0.2, -0.15) is 0 Å². The van der Waals surface area contributed by atoms with Crippen LogP contribution in [-0.4, -0.2) is 39.3 Å². The van der Waals surface area contributed by atoms with Crippen molar-refractivity contribution in [1.29, 1.82) is 0 Å². The summed E-state index contributed by atoms with van der Waals surface area (Å²) in [5.74, 6) is 2.45. The Morgan fingerprint density at radius 1 is 1.00 bits per heavy atom.